The molecule has 3 heteroatoms. The Morgan fingerprint density at radius 1 is 0.424 bits per heavy atom. The van der Waals surface area contributed by atoms with E-state index in [9.17, 15) is 0 Å². The Kier molecular flexibility index (Phi) is 9.92. The Labute approximate surface area is 397 Å². The highest BCUT2D eigenvalue weighted by Gasteiger charge is 2.48. The summed E-state index contributed by atoms with van der Waals surface area (Å²) >= 11 is 0. The average molecular weight is 865 g/mol. The third kappa shape index (κ3) is 7.15. The van der Waals surface area contributed by atoms with Crippen LogP contribution < -0.4 is 26.2 Å². The van der Waals surface area contributed by atoms with Gasteiger partial charge < -0.3 is 9.80 Å². The SMILES string of the molecule is Cc1cc2c3c(c1)N(c1ccc(C(C)(C)C)cc1-c1ccccc1)c1cc4c(cc1B3c1ccc(-c3ccc(C(C)(C)C)cc3)cc1N2c1ccc(C(C)(C)C)cc1C)C(C)(C)CC4(C)C. The van der Waals surface area contributed by atoms with Crippen LogP contribution in [0.5, 0.6) is 0 Å². The van der Waals surface area contributed by atoms with Crippen molar-refractivity contribution in [2.24, 2.45) is 0 Å². The lowest BCUT2D eigenvalue weighted by Gasteiger charge is -2.45. The van der Waals surface area contributed by atoms with Gasteiger partial charge in [0, 0.05) is 34.0 Å². The van der Waals surface area contributed by atoms with Gasteiger partial charge in [0.1, 0.15) is 0 Å². The molecule has 0 fully saturated rings. The summed E-state index contributed by atoms with van der Waals surface area (Å²) in [7, 11) is 0. The van der Waals surface area contributed by atoms with Crippen molar-refractivity contribution in [1.29, 1.82) is 0 Å². The molecule has 2 nitrogen and oxygen atoms in total. The molecule has 2 heterocycles. The molecule has 0 amide bonds. The zero-order chi connectivity index (χ0) is 47.0. The second kappa shape index (κ2) is 14.9. The predicted octanol–water partition coefficient (Wildman–Crippen LogP) is 15.6. The van der Waals surface area contributed by atoms with E-state index in [0.717, 1.165) is 6.42 Å². The van der Waals surface area contributed by atoms with Crippen LogP contribution in [-0.4, -0.2) is 6.71 Å². The number of anilines is 6. The maximum absolute atomic E-state index is 2.66. The van der Waals surface area contributed by atoms with Crippen LogP contribution >= 0.6 is 0 Å². The maximum Gasteiger partial charge on any atom is 0.252 e. The molecule has 0 N–H and O–H groups in total. The lowest BCUT2D eigenvalue weighted by molar-refractivity contribution is 0.403. The molecule has 0 spiro atoms. The number of nitrogens with zero attached hydrogens (tertiary/aromatic N) is 2. The molecule has 0 bridgehead atoms. The molecule has 0 saturated heterocycles. The predicted molar refractivity (Wildman–Crippen MR) is 288 cm³/mol. The van der Waals surface area contributed by atoms with Gasteiger partial charge in [0.25, 0.3) is 6.71 Å². The number of benzene rings is 7. The summed E-state index contributed by atoms with van der Waals surface area (Å²) in [5, 5.41) is 0. The summed E-state index contributed by atoms with van der Waals surface area (Å²) in [4.78, 5) is 5.29. The minimum Gasteiger partial charge on any atom is -0.311 e. The van der Waals surface area contributed by atoms with Gasteiger partial charge in [-0.05, 0) is 162 Å². The van der Waals surface area contributed by atoms with Crippen molar-refractivity contribution < 1.29 is 0 Å². The molecule has 3 aliphatic rings. The fourth-order valence-corrected chi connectivity index (χ4v) is 11.9. The minimum atomic E-state index is -0.00994. The van der Waals surface area contributed by atoms with E-state index >= 15 is 0 Å². The molecule has 1 aliphatic carbocycles. The zero-order valence-electron chi connectivity index (χ0n) is 42.4. The van der Waals surface area contributed by atoms with Crippen LogP contribution in [0.25, 0.3) is 22.3 Å². The topological polar surface area (TPSA) is 6.48 Å². The lowest BCUT2D eigenvalue weighted by atomic mass is 9.33. The highest BCUT2D eigenvalue weighted by atomic mass is 15.2. The highest BCUT2D eigenvalue weighted by Crippen LogP contribution is 2.54. The van der Waals surface area contributed by atoms with Crippen molar-refractivity contribution in [3.05, 3.63) is 172 Å². The maximum atomic E-state index is 2.66. The van der Waals surface area contributed by atoms with Crippen LogP contribution in [0.3, 0.4) is 0 Å². The molecule has 0 aromatic heterocycles. The molecular weight excluding hydrogens is 796 g/mol. The van der Waals surface area contributed by atoms with E-state index in [2.05, 4.69) is 247 Å². The van der Waals surface area contributed by atoms with Gasteiger partial charge in [0.2, 0.25) is 0 Å². The summed E-state index contributed by atoms with van der Waals surface area (Å²) in [6.07, 6.45) is 1.11. The Balaban J connectivity index is 1.31. The first-order valence-electron chi connectivity index (χ1n) is 24.4. The van der Waals surface area contributed by atoms with E-state index in [0.29, 0.717) is 0 Å². The van der Waals surface area contributed by atoms with Gasteiger partial charge in [0.15, 0.2) is 0 Å². The van der Waals surface area contributed by atoms with E-state index in [1.807, 2.05) is 0 Å². The fourth-order valence-electron chi connectivity index (χ4n) is 11.9. The normalized spacial score (nSPS) is 15.9. The van der Waals surface area contributed by atoms with Crippen LogP contribution in [0.1, 0.15) is 135 Å². The molecule has 66 heavy (non-hydrogen) atoms. The summed E-state index contributed by atoms with van der Waals surface area (Å²) in [6, 6.07) is 52.4. The molecule has 7 aromatic carbocycles. The number of aryl methyl sites for hydroxylation is 2. The summed E-state index contributed by atoms with van der Waals surface area (Å²) in [6.45, 7) is 35.3. The third-order valence-electron chi connectivity index (χ3n) is 15.3. The Morgan fingerprint density at radius 3 is 1.53 bits per heavy atom. The summed E-state index contributed by atoms with van der Waals surface area (Å²) in [5.74, 6) is 0. The standard InChI is InChI=1S/C63H69BN2/c1-39-31-56-58-57(32-39)66(53-30-27-46(61(9,10)11)35-47(53)42-19-17-16-18-20-42)55-37-49-48(62(12,13)38-63(49,14)15)36-51(55)64(58)50-28-23-43(41-21-24-44(25-22-41)59(3,4)5)34-54(50)65(56)52-29-26-45(33-40(52)2)60(6,7)8/h16-37H,38H2,1-15H3. The summed E-state index contributed by atoms with van der Waals surface area (Å²) in [5.41, 5.74) is 26.3. The van der Waals surface area contributed by atoms with Crippen molar-refractivity contribution >= 4 is 57.2 Å². The Bertz CT molecular complexity index is 3070. The minimum absolute atomic E-state index is 0.00994. The molecule has 2 aliphatic heterocycles. The first-order chi connectivity index (χ1) is 30.9. The van der Waals surface area contributed by atoms with Gasteiger partial charge >= 0.3 is 0 Å². The van der Waals surface area contributed by atoms with Gasteiger partial charge in [-0.25, -0.2) is 0 Å². The summed E-state index contributed by atoms with van der Waals surface area (Å²) < 4.78 is 0. The Hall–Kier alpha value is -5.80. The lowest BCUT2D eigenvalue weighted by Crippen LogP contribution is -2.61. The van der Waals surface area contributed by atoms with E-state index in [1.54, 1.807) is 0 Å². The molecule has 334 valence electrons. The van der Waals surface area contributed by atoms with Crippen molar-refractivity contribution in [3.8, 4) is 22.3 Å². The number of hydrogen-bond donors (Lipinski definition) is 0. The van der Waals surface area contributed by atoms with E-state index in [1.165, 1.54) is 112 Å². The molecule has 0 radical (unpaired) electrons. The molecule has 7 aromatic rings. The first-order valence-corrected chi connectivity index (χ1v) is 24.4. The molecule has 0 atom stereocenters. The van der Waals surface area contributed by atoms with Crippen LogP contribution in [0.15, 0.2) is 133 Å². The van der Waals surface area contributed by atoms with Gasteiger partial charge in [-0.1, -0.05) is 181 Å². The number of rotatable bonds is 4. The van der Waals surface area contributed by atoms with Crippen LogP contribution in [0.4, 0.5) is 34.1 Å². The molecule has 0 saturated carbocycles. The monoisotopic (exact) mass is 865 g/mol. The van der Waals surface area contributed by atoms with E-state index in [4.69, 9.17) is 0 Å². The highest BCUT2D eigenvalue weighted by molar-refractivity contribution is 7.00. The first kappa shape index (κ1) is 44.1. The molecular formula is C63H69BN2. The third-order valence-corrected chi connectivity index (χ3v) is 15.3. The van der Waals surface area contributed by atoms with E-state index in [-0.39, 0.29) is 33.8 Å². The van der Waals surface area contributed by atoms with Crippen LogP contribution in [-0.2, 0) is 27.1 Å². The van der Waals surface area contributed by atoms with Gasteiger partial charge in [0.05, 0.1) is 5.69 Å². The van der Waals surface area contributed by atoms with Gasteiger partial charge in [-0.3, -0.25) is 0 Å². The number of fused-ring (bicyclic) bond motifs is 5. The smallest absolute Gasteiger partial charge is 0.252 e. The van der Waals surface area contributed by atoms with Gasteiger partial charge in [-0.2, -0.15) is 0 Å². The molecule has 10 rings (SSSR count). The quantitative estimate of drug-likeness (QED) is 0.163. The van der Waals surface area contributed by atoms with Gasteiger partial charge in [-0.15, -0.1) is 0 Å². The average Bonchev–Trinajstić information content (AvgIpc) is 3.43. The number of hydrogen-bond acceptors (Lipinski definition) is 2. The van der Waals surface area contributed by atoms with Crippen molar-refractivity contribution in [2.45, 2.75) is 137 Å². The van der Waals surface area contributed by atoms with Crippen LogP contribution in [0, 0.1) is 13.8 Å². The zero-order valence-corrected chi connectivity index (χ0v) is 42.4. The van der Waals surface area contributed by atoms with Crippen molar-refractivity contribution in [1.82, 2.24) is 0 Å². The molecule has 0 unspecified atom stereocenters. The van der Waals surface area contributed by atoms with Crippen molar-refractivity contribution in [3.63, 3.8) is 0 Å². The largest absolute Gasteiger partial charge is 0.311 e. The second-order valence-corrected chi connectivity index (χ2v) is 24.4. The van der Waals surface area contributed by atoms with E-state index < -0.39 is 0 Å². The van der Waals surface area contributed by atoms with Crippen molar-refractivity contribution in [2.75, 3.05) is 9.80 Å². The second-order valence-electron chi connectivity index (χ2n) is 24.4. The Morgan fingerprint density at radius 2 is 0.939 bits per heavy atom. The van der Waals surface area contributed by atoms with Crippen LogP contribution in [0.2, 0.25) is 0 Å². The fraction of sp³-hybridized carbons (Fsp3) is 0.333.